The molecule has 84 heavy (non-hydrogen) atoms. The minimum absolute atomic E-state index is 0. The van der Waals surface area contributed by atoms with Gasteiger partial charge in [0.05, 0.1) is 5.33 Å². The molecule has 10 amide bonds. The Hall–Kier alpha value is -6.51. The van der Waals surface area contributed by atoms with E-state index in [4.69, 9.17) is 9.47 Å². The molecule has 2 saturated carbocycles. The molecule has 456 valence electrons. The minimum atomic E-state index is -1.51. The van der Waals surface area contributed by atoms with Crippen LogP contribution in [0.5, 0.6) is 0 Å². The highest BCUT2D eigenvalue weighted by Gasteiger charge is 2.59. The second-order valence-electron chi connectivity index (χ2n) is 21.0. The molecule has 18 nitrogen and oxygen atoms in total. The molecule has 4 aliphatic heterocycles. The number of benzene rings is 4. The molecule has 0 unspecified atom stereocenters. The maximum absolute atomic E-state index is 14.0. The number of anilines is 2. The number of carbonyl (C=O) groups excluding carboxylic acids is 8. The number of hydrogen-bond acceptors (Lipinski definition) is 10. The van der Waals surface area contributed by atoms with Crippen molar-refractivity contribution in [2.45, 2.75) is 128 Å². The molecule has 4 heterocycles. The van der Waals surface area contributed by atoms with Crippen molar-refractivity contribution in [3.63, 3.8) is 0 Å². The number of amides is 10. The van der Waals surface area contributed by atoms with Gasteiger partial charge >= 0.3 is 24.2 Å². The van der Waals surface area contributed by atoms with Gasteiger partial charge in [-0.1, -0.05) is 42.9 Å². The highest BCUT2D eigenvalue weighted by molar-refractivity contribution is 9.09. The van der Waals surface area contributed by atoms with Gasteiger partial charge < -0.3 is 40.5 Å². The number of carbonyl (C=O) groups is 8. The number of halogens is 5. The molecule has 12 rings (SSSR count). The largest absolute Gasteiger partial charge is 0.427 e. The molecular weight excluding hydrogens is 1220 g/mol. The van der Waals surface area contributed by atoms with Gasteiger partial charge in [-0.25, -0.2) is 41.6 Å². The first-order chi connectivity index (χ1) is 37.8. The van der Waals surface area contributed by atoms with Gasteiger partial charge in [0, 0.05) is 74.6 Å². The van der Waals surface area contributed by atoms with Crippen LogP contribution in [0.15, 0.2) is 60.7 Å². The fourth-order valence-electron chi connectivity index (χ4n) is 11.9. The molecule has 4 aromatic carbocycles. The Balaban J connectivity index is 0.000000244. The lowest BCUT2D eigenvalue weighted by molar-refractivity contribution is -0.143. The molecule has 4 aromatic rings. The molecule has 4 atom stereocenters. The third-order valence-corrected chi connectivity index (χ3v) is 16.7. The summed E-state index contributed by atoms with van der Waals surface area (Å²) in [7, 11) is 3.03. The lowest BCUT2D eigenvalue weighted by Crippen LogP contribution is -2.48. The third kappa shape index (κ3) is 13.6. The van der Waals surface area contributed by atoms with Crippen molar-refractivity contribution in [3.8, 4) is 0 Å². The number of fused-ring (bicyclic) bond motifs is 6. The highest BCUT2D eigenvalue weighted by atomic mass is 79.9. The zero-order chi connectivity index (χ0) is 56.1. The zero-order valence-corrected chi connectivity index (χ0v) is 49.3. The number of nitrogens with zero attached hydrogens (tertiary/aromatic N) is 3. The van der Waals surface area contributed by atoms with Crippen molar-refractivity contribution in [1.82, 2.24) is 30.7 Å². The number of alkyl carbamates (subject to hydrolysis) is 1. The highest BCUT2D eigenvalue weighted by Crippen LogP contribution is 2.48. The summed E-state index contributed by atoms with van der Waals surface area (Å²) < 4.78 is 65.6. The SMILES string of the molecule is C.C.CNC(=O)Nc1ccc2c(c1)CC[C@]21OC(=O)N(CC(=O)N2Cc3cc(F)c(F)cc3CC[C@H]2C2CC2)C1=O.CNC(=O)Nc1ccc2c(c1)CC[C@]21OC(=O)NC1=O.O=C(CBr)N1Cc2cc(F)c(F)cc2CC[C@H]1C1CC1.S.S.S. The van der Waals surface area contributed by atoms with Crippen LogP contribution in [0, 0.1) is 35.1 Å². The van der Waals surface area contributed by atoms with Crippen molar-refractivity contribution in [2.75, 3.05) is 36.6 Å². The number of alkyl halides is 1. The van der Waals surface area contributed by atoms with Crippen LogP contribution in [-0.4, -0.2) is 101 Å². The standard InChI is InChI=1S/C28H28F2N4O5.C15H16BrF2NO.C13H13N3O4.2CH4.3H2S/c1-31-26(37)32-19-5-6-20-17(10-19)8-9-28(20)25(36)34(27(38)39-28)14-24(35)33-13-18-12-22(30)21(29)11-16(18)4-7-23(33)15-2-3-15;16-7-15(20)19-8-11-6-13(18)12(17)5-10(11)3-4-14(19)9-1-2-9;1-14-11(18)15-8-2-3-9-7(6-8)4-5-13(9)10(17)16-12(19)20-13;;;;;/h5-6,10-12,15,23H,2-4,7-9,13-14H2,1H3,(H2,31,32,37);5-6,9,14H,1-4,7-8H2;2-3,6H,4-5H2,1H3,(H2,14,15,18)(H,16,17,19);2*1H4;3*1H2/t23-,28-;14-;13-;;;;;/m000...../s1. The van der Waals surface area contributed by atoms with E-state index >= 15 is 0 Å². The maximum atomic E-state index is 14.0. The summed E-state index contributed by atoms with van der Waals surface area (Å²) in [5, 5.41) is 12.7. The number of imide groups is 2. The van der Waals surface area contributed by atoms with E-state index in [2.05, 4.69) is 42.5 Å². The Bertz CT molecular complexity index is 3230. The Morgan fingerprint density at radius 2 is 1.01 bits per heavy atom. The van der Waals surface area contributed by atoms with Gasteiger partial charge in [-0.2, -0.15) is 40.5 Å². The summed E-state index contributed by atoms with van der Waals surface area (Å²) >= 11 is 3.21. The summed E-state index contributed by atoms with van der Waals surface area (Å²) in [6, 6.07) is 14.4. The molecule has 2 spiro atoms. The summed E-state index contributed by atoms with van der Waals surface area (Å²) in [6.45, 7) is -0.0237. The molecule has 2 saturated heterocycles. The topological polar surface area (TPSA) is 225 Å². The van der Waals surface area contributed by atoms with Crippen LogP contribution in [-0.2, 0) is 78.6 Å². The van der Waals surface area contributed by atoms with E-state index < -0.39 is 70.9 Å². The lowest BCUT2D eigenvalue weighted by atomic mass is 9.94. The first-order valence-electron chi connectivity index (χ1n) is 26.3. The Labute approximate surface area is 514 Å². The van der Waals surface area contributed by atoms with Crippen LogP contribution in [0.2, 0.25) is 0 Å². The lowest BCUT2D eigenvalue weighted by Gasteiger charge is -2.31. The Morgan fingerprint density at radius 3 is 1.43 bits per heavy atom. The summed E-state index contributed by atoms with van der Waals surface area (Å²) in [6.07, 6.45) is 6.96. The minimum Gasteiger partial charge on any atom is -0.427 e. The van der Waals surface area contributed by atoms with E-state index in [-0.39, 0.29) is 110 Å². The molecule has 26 heteroatoms. The maximum Gasteiger partial charge on any atom is 0.418 e. The van der Waals surface area contributed by atoms with E-state index in [1.54, 1.807) is 41.3 Å². The van der Waals surface area contributed by atoms with E-state index in [0.717, 1.165) is 65.3 Å². The molecule has 0 aromatic heterocycles. The molecule has 5 N–H and O–H groups in total. The fraction of sp³-hybridized carbons (Fsp3) is 0.448. The van der Waals surface area contributed by atoms with Gasteiger partial charge in [-0.05, 0) is 158 Å². The van der Waals surface area contributed by atoms with Crippen LogP contribution in [0.25, 0.3) is 0 Å². The number of urea groups is 2. The van der Waals surface area contributed by atoms with Crippen molar-refractivity contribution < 1.29 is 65.4 Å². The number of hydrogen-bond donors (Lipinski definition) is 5. The van der Waals surface area contributed by atoms with Crippen LogP contribution < -0.4 is 26.6 Å². The fourth-order valence-corrected chi connectivity index (χ4v) is 12.3. The smallest absolute Gasteiger partial charge is 0.418 e. The normalized spacial score (nSPS) is 21.9. The average molecular weight is 1290 g/mol. The molecule has 0 bridgehead atoms. The van der Waals surface area contributed by atoms with Gasteiger partial charge in [0.25, 0.3) is 11.8 Å². The van der Waals surface area contributed by atoms with Crippen molar-refractivity contribution >= 4 is 116 Å². The predicted molar refractivity (Wildman–Crippen MR) is 324 cm³/mol. The summed E-state index contributed by atoms with van der Waals surface area (Å²) in [5.41, 5.74) is 4.11. The first-order valence-corrected chi connectivity index (χ1v) is 27.4. The molecule has 4 fully saturated rings. The number of ether oxygens (including phenoxy) is 2. The number of aryl methyl sites for hydroxylation is 4. The van der Waals surface area contributed by atoms with Gasteiger partial charge in [-0.15, -0.1) is 0 Å². The number of nitrogens with one attached hydrogen (secondary N) is 5. The van der Waals surface area contributed by atoms with E-state index in [0.29, 0.717) is 84.6 Å². The second-order valence-corrected chi connectivity index (χ2v) is 21.6. The predicted octanol–water partition coefficient (Wildman–Crippen LogP) is 9.46. The summed E-state index contributed by atoms with van der Waals surface area (Å²) in [5.74, 6) is -4.11. The van der Waals surface area contributed by atoms with Gasteiger partial charge in [0.1, 0.15) is 6.54 Å². The first kappa shape index (κ1) is 68.3. The van der Waals surface area contributed by atoms with Gasteiger partial charge in [0.15, 0.2) is 23.3 Å². The van der Waals surface area contributed by atoms with E-state index in [1.807, 2.05) is 4.90 Å². The Morgan fingerprint density at radius 1 is 0.583 bits per heavy atom. The van der Waals surface area contributed by atoms with Crippen LogP contribution in [0.4, 0.5) is 48.1 Å². The van der Waals surface area contributed by atoms with E-state index in [9.17, 15) is 55.9 Å². The summed E-state index contributed by atoms with van der Waals surface area (Å²) in [4.78, 5) is 103. The van der Waals surface area contributed by atoms with E-state index in [1.165, 1.54) is 32.3 Å². The molecular formula is C58H71BrF4N8O10S3. The average Bonchev–Trinajstić information content (AvgIpc) is 4.43. The van der Waals surface area contributed by atoms with Crippen LogP contribution in [0.1, 0.15) is 111 Å². The van der Waals surface area contributed by atoms with Gasteiger partial charge in [-0.3, -0.25) is 24.5 Å². The number of rotatable bonds is 7. The zero-order valence-electron chi connectivity index (χ0n) is 44.7. The van der Waals surface area contributed by atoms with Crippen molar-refractivity contribution in [3.05, 3.63) is 128 Å². The molecule has 4 aliphatic carbocycles. The quantitative estimate of drug-likeness (QED) is 0.0870. The molecule has 8 aliphatic rings. The Kier molecular flexibility index (Phi) is 22.5. The van der Waals surface area contributed by atoms with Gasteiger partial charge in [0.2, 0.25) is 23.0 Å². The van der Waals surface area contributed by atoms with Crippen molar-refractivity contribution in [1.29, 1.82) is 0 Å². The van der Waals surface area contributed by atoms with Crippen molar-refractivity contribution in [2.24, 2.45) is 11.8 Å². The molecule has 0 radical (unpaired) electrons. The third-order valence-electron chi connectivity index (χ3n) is 16.2. The monoisotopic (exact) mass is 1290 g/mol. The second kappa shape index (κ2) is 27.7. The van der Waals surface area contributed by atoms with Crippen LogP contribution >= 0.6 is 56.4 Å². The van der Waals surface area contributed by atoms with Crippen LogP contribution in [0.3, 0.4) is 0 Å².